The second-order valence-electron chi connectivity index (χ2n) is 4.08. The molecule has 112 valence electrons. The number of alkyl halides is 3. The van der Waals surface area contributed by atoms with E-state index in [4.69, 9.17) is 4.74 Å². The van der Waals surface area contributed by atoms with Crippen molar-refractivity contribution in [1.82, 2.24) is 0 Å². The van der Waals surface area contributed by atoms with Crippen molar-refractivity contribution >= 4 is 0 Å². The molecule has 2 aromatic rings. The highest BCUT2D eigenvalue weighted by Gasteiger charge is 2.32. The molecule has 0 aliphatic carbocycles. The zero-order valence-corrected chi connectivity index (χ0v) is 10.7. The van der Waals surface area contributed by atoms with Gasteiger partial charge in [0.05, 0.1) is 7.11 Å². The molecular weight excluding hydrogens is 292 g/mol. The number of phenols is 1. The summed E-state index contributed by atoms with van der Waals surface area (Å²) in [5.74, 6) is -1.87. The van der Waals surface area contributed by atoms with Crippen molar-refractivity contribution in [3.8, 4) is 28.4 Å². The monoisotopic (exact) mass is 302 g/mol. The van der Waals surface area contributed by atoms with Crippen LogP contribution >= 0.6 is 0 Å². The SMILES string of the molecule is COc1ccc(-c2ccc(O)c(OC(F)(F)F)c2)c(F)c1. The first-order valence-corrected chi connectivity index (χ1v) is 5.73. The number of halogens is 4. The standard InChI is InChI=1S/C14H10F4O3/c1-20-9-3-4-10(11(15)7-9)8-2-5-12(19)13(6-8)21-14(16,17)18/h2-7,19H,1H3. The van der Waals surface area contributed by atoms with Gasteiger partial charge >= 0.3 is 6.36 Å². The largest absolute Gasteiger partial charge is 0.573 e. The van der Waals surface area contributed by atoms with E-state index < -0.39 is 23.7 Å². The van der Waals surface area contributed by atoms with Gasteiger partial charge in [-0.25, -0.2) is 4.39 Å². The molecule has 21 heavy (non-hydrogen) atoms. The molecule has 1 N–H and O–H groups in total. The molecule has 0 fully saturated rings. The molecular formula is C14H10F4O3. The molecule has 0 aliphatic rings. The van der Waals surface area contributed by atoms with E-state index in [0.717, 1.165) is 18.2 Å². The van der Waals surface area contributed by atoms with Crippen LogP contribution in [0, 0.1) is 5.82 Å². The Kier molecular flexibility index (Phi) is 3.93. The van der Waals surface area contributed by atoms with Crippen LogP contribution in [-0.4, -0.2) is 18.6 Å². The van der Waals surface area contributed by atoms with Gasteiger partial charge in [-0.15, -0.1) is 13.2 Å². The highest BCUT2D eigenvalue weighted by atomic mass is 19.4. The lowest BCUT2D eigenvalue weighted by atomic mass is 10.0. The van der Waals surface area contributed by atoms with Crippen LogP contribution in [0.15, 0.2) is 36.4 Å². The summed E-state index contributed by atoms with van der Waals surface area (Å²) in [6, 6.07) is 7.12. The first-order valence-electron chi connectivity index (χ1n) is 5.73. The molecule has 0 aliphatic heterocycles. The topological polar surface area (TPSA) is 38.7 Å². The number of rotatable bonds is 3. The van der Waals surface area contributed by atoms with Crippen molar-refractivity contribution in [3.05, 3.63) is 42.2 Å². The highest BCUT2D eigenvalue weighted by Crippen LogP contribution is 2.36. The molecule has 0 amide bonds. The van der Waals surface area contributed by atoms with Crippen molar-refractivity contribution in [2.45, 2.75) is 6.36 Å². The van der Waals surface area contributed by atoms with Gasteiger partial charge in [-0.05, 0) is 29.8 Å². The van der Waals surface area contributed by atoms with Gasteiger partial charge in [0.25, 0.3) is 0 Å². The summed E-state index contributed by atoms with van der Waals surface area (Å²) in [5, 5.41) is 9.36. The molecule has 0 radical (unpaired) electrons. The minimum atomic E-state index is -4.95. The van der Waals surface area contributed by atoms with E-state index in [1.165, 1.54) is 25.3 Å². The molecule has 0 bridgehead atoms. The van der Waals surface area contributed by atoms with Gasteiger partial charge in [-0.1, -0.05) is 6.07 Å². The summed E-state index contributed by atoms with van der Waals surface area (Å²) in [4.78, 5) is 0. The molecule has 0 saturated carbocycles. The summed E-state index contributed by atoms with van der Waals surface area (Å²) < 4.78 is 59.0. The van der Waals surface area contributed by atoms with Crippen LogP contribution in [0.2, 0.25) is 0 Å². The molecule has 0 saturated heterocycles. The van der Waals surface area contributed by atoms with E-state index in [2.05, 4.69) is 4.74 Å². The van der Waals surface area contributed by atoms with E-state index in [9.17, 15) is 22.7 Å². The first kappa shape index (κ1) is 15.0. The third kappa shape index (κ3) is 3.56. The first-order chi connectivity index (χ1) is 9.80. The van der Waals surface area contributed by atoms with Crippen LogP contribution in [0.3, 0.4) is 0 Å². The smallest absolute Gasteiger partial charge is 0.504 e. The van der Waals surface area contributed by atoms with Crippen LogP contribution < -0.4 is 9.47 Å². The highest BCUT2D eigenvalue weighted by molar-refractivity contribution is 5.68. The lowest BCUT2D eigenvalue weighted by molar-refractivity contribution is -0.275. The molecule has 0 aromatic heterocycles. The molecule has 2 aromatic carbocycles. The minimum absolute atomic E-state index is 0.0582. The lowest BCUT2D eigenvalue weighted by Gasteiger charge is -2.12. The average Bonchev–Trinajstić information content (AvgIpc) is 2.40. The zero-order valence-electron chi connectivity index (χ0n) is 10.7. The quantitative estimate of drug-likeness (QED) is 0.867. The van der Waals surface area contributed by atoms with Crippen LogP contribution in [0.4, 0.5) is 17.6 Å². The summed E-state index contributed by atoms with van der Waals surface area (Å²) in [5.41, 5.74) is 0.190. The van der Waals surface area contributed by atoms with Gasteiger partial charge in [0.15, 0.2) is 11.5 Å². The second kappa shape index (κ2) is 5.51. The Labute approximate surface area is 117 Å². The van der Waals surface area contributed by atoms with Gasteiger partial charge in [-0.2, -0.15) is 0 Å². The van der Waals surface area contributed by atoms with Crippen molar-refractivity contribution in [2.24, 2.45) is 0 Å². The summed E-state index contributed by atoms with van der Waals surface area (Å²) in [7, 11) is 1.37. The number of hydrogen-bond donors (Lipinski definition) is 1. The normalized spacial score (nSPS) is 11.3. The molecule has 0 unspecified atom stereocenters. The predicted molar refractivity (Wildman–Crippen MR) is 66.7 cm³/mol. The maximum Gasteiger partial charge on any atom is 0.573 e. The molecule has 0 spiro atoms. The van der Waals surface area contributed by atoms with E-state index >= 15 is 0 Å². The fourth-order valence-corrected chi connectivity index (χ4v) is 1.75. The van der Waals surface area contributed by atoms with Crippen molar-refractivity contribution in [3.63, 3.8) is 0 Å². The average molecular weight is 302 g/mol. The van der Waals surface area contributed by atoms with Gasteiger partial charge < -0.3 is 14.6 Å². The van der Waals surface area contributed by atoms with Gasteiger partial charge in [0, 0.05) is 11.6 Å². The summed E-state index contributed by atoms with van der Waals surface area (Å²) in [6.07, 6.45) is -4.95. The third-order valence-corrected chi connectivity index (χ3v) is 2.67. The Hall–Kier alpha value is -2.44. The molecule has 7 heteroatoms. The van der Waals surface area contributed by atoms with Crippen molar-refractivity contribution < 1.29 is 32.1 Å². The number of aromatic hydroxyl groups is 1. The van der Waals surface area contributed by atoms with Crippen LogP contribution in [0.1, 0.15) is 0 Å². The van der Waals surface area contributed by atoms with E-state index in [-0.39, 0.29) is 16.9 Å². The molecule has 0 atom stereocenters. The Bertz CT molecular complexity index is 653. The summed E-state index contributed by atoms with van der Waals surface area (Å²) >= 11 is 0. The van der Waals surface area contributed by atoms with Crippen LogP contribution in [0.25, 0.3) is 11.1 Å². The maximum atomic E-state index is 13.9. The Morgan fingerprint density at radius 2 is 1.76 bits per heavy atom. The van der Waals surface area contributed by atoms with E-state index in [0.29, 0.717) is 0 Å². The molecule has 3 nitrogen and oxygen atoms in total. The Morgan fingerprint density at radius 3 is 2.33 bits per heavy atom. The van der Waals surface area contributed by atoms with Crippen molar-refractivity contribution in [1.29, 1.82) is 0 Å². The number of phenolic OH excluding ortho intramolecular Hbond substituents is 1. The molecule has 2 rings (SSSR count). The lowest BCUT2D eigenvalue weighted by Crippen LogP contribution is -2.17. The number of benzene rings is 2. The van der Waals surface area contributed by atoms with Gasteiger partial charge in [-0.3, -0.25) is 0 Å². The fourth-order valence-electron chi connectivity index (χ4n) is 1.75. The number of methoxy groups -OCH3 is 1. The maximum absolute atomic E-state index is 13.9. The predicted octanol–water partition coefficient (Wildman–Crippen LogP) is 4.11. The number of ether oxygens (including phenoxy) is 2. The van der Waals surface area contributed by atoms with Crippen molar-refractivity contribution in [2.75, 3.05) is 7.11 Å². The number of hydrogen-bond acceptors (Lipinski definition) is 3. The third-order valence-electron chi connectivity index (χ3n) is 2.67. The second-order valence-corrected chi connectivity index (χ2v) is 4.08. The fraction of sp³-hybridized carbons (Fsp3) is 0.143. The van der Waals surface area contributed by atoms with Crippen LogP contribution in [-0.2, 0) is 0 Å². The molecule has 0 heterocycles. The Morgan fingerprint density at radius 1 is 1.05 bits per heavy atom. The van der Waals surface area contributed by atoms with E-state index in [1.54, 1.807) is 0 Å². The minimum Gasteiger partial charge on any atom is -0.504 e. The Balaban J connectivity index is 2.43. The van der Waals surface area contributed by atoms with E-state index in [1.807, 2.05) is 0 Å². The van der Waals surface area contributed by atoms with Crippen LogP contribution in [0.5, 0.6) is 17.2 Å². The summed E-state index contributed by atoms with van der Waals surface area (Å²) in [6.45, 7) is 0. The van der Waals surface area contributed by atoms with Gasteiger partial charge in [0.1, 0.15) is 11.6 Å². The van der Waals surface area contributed by atoms with Gasteiger partial charge in [0.2, 0.25) is 0 Å². The zero-order chi connectivity index (χ0) is 15.6.